The van der Waals surface area contributed by atoms with Crippen LogP contribution in [-0.4, -0.2) is 245 Å². The highest BCUT2D eigenvalue weighted by Crippen LogP contribution is 2.31. The first-order valence-corrected chi connectivity index (χ1v) is 34.5. The van der Waals surface area contributed by atoms with Crippen molar-refractivity contribution in [1.29, 1.82) is 0 Å². The number of hydrogen-bond acceptors (Lipinski definition) is 14. The summed E-state index contributed by atoms with van der Waals surface area (Å²) >= 11 is 1.19. The van der Waals surface area contributed by atoms with Crippen molar-refractivity contribution in [2.45, 2.75) is 236 Å². The van der Waals surface area contributed by atoms with Gasteiger partial charge in [0.25, 0.3) is 5.91 Å². The maximum Gasteiger partial charge on any atom is 0.256 e. The van der Waals surface area contributed by atoms with E-state index >= 15 is 33.6 Å². The molecule has 23 heteroatoms. The molecule has 1 rings (SSSR count). The Morgan fingerprint density at radius 1 is 0.554 bits per heavy atom. The molecule has 0 aromatic heterocycles. The van der Waals surface area contributed by atoms with Crippen LogP contribution < -0.4 is 10.6 Å². The summed E-state index contributed by atoms with van der Waals surface area (Å²) in [4.78, 5) is 175. The van der Waals surface area contributed by atoms with Crippen LogP contribution in [0.25, 0.3) is 0 Å². The Morgan fingerprint density at radius 3 is 1.47 bits per heavy atom. The summed E-state index contributed by atoms with van der Waals surface area (Å²) in [5, 5.41) is 16.8. The Morgan fingerprint density at radius 2 is 1.01 bits per heavy atom. The fraction of sp³-hybridized carbons (Fsp3) is 0.812. The zero-order valence-electron chi connectivity index (χ0n) is 61.5. The molecule has 9 amide bonds. The summed E-state index contributed by atoms with van der Waals surface area (Å²) < 4.78 is 0. The fourth-order valence-corrected chi connectivity index (χ4v) is 13.2. The maximum absolute atomic E-state index is 15.4. The normalized spacial score (nSPS) is 27.0. The number of thioether (sulfide) groups is 1. The first-order chi connectivity index (χ1) is 42.3. The number of nitrogens with one attached hydrogen (secondary N) is 2. The van der Waals surface area contributed by atoms with Gasteiger partial charge in [0.05, 0.1) is 12.1 Å². The molecule has 3 N–H and O–H groups in total. The Labute approximate surface area is 558 Å². The van der Waals surface area contributed by atoms with Gasteiger partial charge in [-0.3, -0.25) is 52.7 Å². The lowest BCUT2D eigenvalue weighted by Gasteiger charge is -2.41. The number of nitrogens with zero attached hydrogens (tertiary/aromatic N) is 8. The molecule has 1 saturated heterocycles. The SMILES string of the molecule is C/C=C/C[C@@H](C)[C@@H](O)[C@H]1C(=O)C[C@@H](CC)C(=O)N(C)[C@H](SCCN(C)C)C(=O)N(C)[C@@H](CC(C)(C)C)C(=O)N[C@@H](C(C)C)C(=O)N(C)[C@@H](CC(C)C)C(=O)N[C@@H](C)C(=O)C[C@H](C)C(=O)N(C)[C@@H](CC(C)C)C(=O)N(C)[C@@H](CC(C)C)C(=O)N(C)[C@@H](C(C)C)C(=O)N1C. The van der Waals surface area contributed by atoms with Gasteiger partial charge in [0.15, 0.2) is 16.9 Å². The number of amides is 9. The molecule has 92 heavy (non-hydrogen) atoms. The van der Waals surface area contributed by atoms with Gasteiger partial charge < -0.3 is 54.9 Å². The van der Waals surface area contributed by atoms with E-state index in [2.05, 4.69) is 10.6 Å². The second-order valence-electron chi connectivity index (χ2n) is 29.6. The highest BCUT2D eigenvalue weighted by atomic mass is 32.2. The number of carbonyl (C=O) groups is 11. The molecule has 0 unspecified atom stereocenters. The number of likely N-dealkylation sites (N-methyl/N-ethyl adjacent to an activating group) is 7. The van der Waals surface area contributed by atoms with Crippen molar-refractivity contribution >= 4 is 76.5 Å². The largest absolute Gasteiger partial charge is 0.390 e. The summed E-state index contributed by atoms with van der Waals surface area (Å²) in [7, 11) is 14.0. The molecule has 22 nitrogen and oxygen atoms in total. The number of rotatable bonds is 18. The van der Waals surface area contributed by atoms with E-state index in [0.29, 0.717) is 18.7 Å². The molecule has 1 heterocycles. The molecule has 0 radical (unpaired) electrons. The van der Waals surface area contributed by atoms with Crippen LogP contribution in [0.3, 0.4) is 0 Å². The molecule has 0 bridgehead atoms. The third kappa shape index (κ3) is 24.4. The van der Waals surface area contributed by atoms with E-state index in [9.17, 15) is 24.3 Å². The van der Waals surface area contributed by atoms with Crippen molar-refractivity contribution in [2.24, 2.45) is 52.8 Å². The van der Waals surface area contributed by atoms with Crippen LogP contribution in [0.1, 0.15) is 176 Å². The van der Waals surface area contributed by atoms with Crippen molar-refractivity contribution in [2.75, 3.05) is 75.7 Å². The summed E-state index contributed by atoms with van der Waals surface area (Å²) in [6.07, 6.45) is 2.51. The number of aliphatic hydroxyl groups excluding tert-OH is 1. The molecule has 0 aromatic carbocycles. The minimum atomic E-state index is -1.52. The molecule has 0 aromatic rings. The molecule has 528 valence electrons. The predicted molar refractivity (Wildman–Crippen MR) is 365 cm³/mol. The van der Waals surface area contributed by atoms with E-state index in [1.54, 1.807) is 48.5 Å². The van der Waals surface area contributed by atoms with Crippen LogP contribution in [0.2, 0.25) is 0 Å². The average Bonchev–Trinajstić information content (AvgIpc) is 0.830. The first kappa shape index (κ1) is 84.6. The molecule has 1 fully saturated rings. The van der Waals surface area contributed by atoms with Crippen LogP contribution in [0, 0.1) is 52.8 Å². The van der Waals surface area contributed by atoms with Crippen molar-refractivity contribution in [3.05, 3.63) is 12.2 Å². The maximum atomic E-state index is 15.4. The molecule has 0 spiro atoms. The van der Waals surface area contributed by atoms with Crippen molar-refractivity contribution in [3.8, 4) is 0 Å². The number of hydrogen-bond donors (Lipinski definition) is 3. The zero-order chi connectivity index (χ0) is 71.5. The quantitative estimate of drug-likeness (QED) is 0.125. The minimum Gasteiger partial charge on any atom is -0.390 e. The molecule has 13 atom stereocenters. The van der Waals surface area contributed by atoms with E-state index < -0.39 is 166 Å². The van der Waals surface area contributed by atoms with Crippen LogP contribution in [0.5, 0.6) is 0 Å². The van der Waals surface area contributed by atoms with Crippen LogP contribution >= 0.6 is 11.8 Å². The lowest BCUT2D eigenvalue weighted by Crippen LogP contribution is -2.61. The number of ketones is 2. The molecular formula is C69H124N10O12S. The minimum absolute atomic E-state index is 0.115. The second kappa shape index (κ2) is 38.2. The molecule has 1 aliphatic heterocycles. The standard InChI is InChI=1S/C69H124N10O12S/c1-28-30-31-45(13)58(82)57-54(81)38-48(29-2)62(86)79(27)68(92-33-32-72(19)20)67(91)76(24)52(39-69(16,17)18)60(84)71-55(43(9)10)65(89)73(21)49(34-40(3)4)59(83)70-47(15)53(80)37-46(14)61(85)74(22)50(35-41(5)6)63(87)75(23)51(36-42(7)8)64(88)77(25)56(44(11)12)66(90)78(57)26/h28,30,40-52,55-58,68,82H,29,31-39H2,1-27H3,(H,70,83)(H,71,84)/b30-28+/t45-,46+,47+,48-,49+,50+,51+,52+,55+,56+,57-,58-,68-/m1/s1. The van der Waals surface area contributed by atoms with E-state index in [4.69, 9.17) is 0 Å². The topological polar surface area (TPSA) is 258 Å². The Hall–Kier alpha value is -5.42. The third-order valence-electron chi connectivity index (χ3n) is 17.7. The van der Waals surface area contributed by atoms with Gasteiger partial charge in [-0.2, -0.15) is 0 Å². The van der Waals surface area contributed by atoms with Gasteiger partial charge in [-0.15, -0.1) is 11.8 Å². The number of Topliss-reactive ketones (excluding diaryl/α,β-unsaturated/α-hetero) is 2. The van der Waals surface area contributed by atoms with E-state index in [1.807, 2.05) is 100 Å². The van der Waals surface area contributed by atoms with Crippen LogP contribution in [0.15, 0.2) is 12.2 Å². The van der Waals surface area contributed by atoms with E-state index in [0.717, 1.165) is 0 Å². The van der Waals surface area contributed by atoms with E-state index in [-0.39, 0.29) is 56.3 Å². The molecular weight excluding hydrogens is 1190 g/mol. The van der Waals surface area contributed by atoms with Gasteiger partial charge in [0.1, 0.15) is 42.3 Å². The summed E-state index contributed by atoms with van der Waals surface area (Å²) in [5.74, 6) is -10.2. The van der Waals surface area contributed by atoms with Gasteiger partial charge in [0.2, 0.25) is 47.3 Å². The van der Waals surface area contributed by atoms with Gasteiger partial charge in [0, 0.05) is 86.3 Å². The summed E-state index contributed by atoms with van der Waals surface area (Å²) in [6, 6.07) is -9.63. The molecule has 0 saturated carbocycles. The molecule has 1 aliphatic rings. The highest BCUT2D eigenvalue weighted by molar-refractivity contribution is 8.00. The van der Waals surface area contributed by atoms with Gasteiger partial charge in [-0.1, -0.05) is 123 Å². The van der Waals surface area contributed by atoms with Crippen molar-refractivity contribution in [3.63, 3.8) is 0 Å². The average molecular weight is 1320 g/mol. The first-order valence-electron chi connectivity index (χ1n) is 33.4. The van der Waals surface area contributed by atoms with Gasteiger partial charge in [-0.25, -0.2) is 0 Å². The van der Waals surface area contributed by atoms with Crippen molar-refractivity contribution < 1.29 is 57.8 Å². The monoisotopic (exact) mass is 1320 g/mol. The van der Waals surface area contributed by atoms with E-state index in [1.165, 1.54) is 102 Å². The Kier molecular flexibility index (Phi) is 35.1. The lowest BCUT2D eigenvalue weighted by molar-refractivity contribution is -0.157. The summed E-state index contributed by atoms with van der Waals surface area (Å²) in [6.45, 7) is 33.0. The number of aliphatic hydroxyl groups is 1. The van der Waals surface area contributed by atoms with Crippen LogP contribution in [-0.2, 0) is 52.7 Å². The fourth-order valence-electron chi connectivity index (χ4n) is 11.8. The number of carbonyl (C=O) groups excluding carboxylic acids is 11. The lowest BCUT2D eigenvalue weighted by atomic mass is 9.86. The number of allylic oxidation sites excluding steroid dienone is 2. The van der Waals surface area contributed by atoms with Gasteiger partial charge in [-0.05, 0) is 107 Å². The smallest absolute Gasteiger partial charge is 0.256 e. The van der Waals surface area contributed by atoms with Crippen LogP contribution in [0.4, 0.5) is 0 Å². The summed E-state index contributed by atoms with van der Waals surface area (Å²) in [5.41, 5.74) is -0.569. The Balaban J connectivity index is 4.55. The second-order valence-corrected chi connectivity index (χ2v) is 30.8. The predicted octanol–water partition coefficient (Wildman–Crippen LogP) is 6.46. The zero-order valence-corrected chi connectivity index (χ0v) is 62.4. The van der Waals surface area contributed by atoms with Gasteiger partial charge >= 0.3 is 0 Å². The Bertz CT molecular complexity index is 2520. The van der Waals surface area contributed by atoms with Crippen molar-refractivity contribution in [1.82, 2.24) is 49.8 Å². The molecule has 0 aliphatic carbocycles. The third-order valence-corrected chi connectivity index (χ3v) is 19.0. The highest BCUT2D eigenvalue weighted by Gasteiger charge is 2.47.